The molecule has 1 atom stereocenters. The first-order valence-electron chi connectivity index (χ1n) is 2.90. The van der Waals surface area contributed by atoms with Gasteiger partial charge in [0, 0.05) is 6.54 Å². The Hall–Kier alpha value is -0.240. The number of nitrogens with zero attached hydrogens (tertiary/aromatic N) is 2. The van der Waals surface area contributed by atoms with E-state index in [2.05, 4.69) is 0 Å². The molecule has 0 aromatic carbocycles. The van der Waals surface area contributed by atoms with E-state index >= 15 is 0 Å². The monoisotopic (exact) mass is 143 g/mol. The molecule has 1 aliphatic rings. The minimum atomic E-state index is 0.245. The maximum absolute atomic E-state index is 8.28. The zero-order valence-corrected chi connectivity index (χ0v) is 5.90. The Morgan fingerprint density at radius 3 is 3.00 bits per heavy atom. The van der Waals surface area contributed by atoms with Crippen LogP contribution < -0.4 is 5.84 Å². The van der Waals surface area contributed by atoms with E-state index in [4.69, 9.17) is 11.1 Å². The second kappa shape index (κ2) is 3.06. The molecule has 1 rings (SSSR count). The van der Waals surface area contributed by atoms with E-state index in [9.17, 15) is 0 Å². The van der Waals surface area contributed by atoms with Gasteiger partial charge in [-0.25, -0.2) is 5.01 Å². The molecule has 0 saturated carbocycles. The van der Waals surface area contributed by atoms with Crippen molar-refractivity contribution >= 4 is 11.8 Å². The third-order valence-corrected chi connectivity index (χ3v) is 2.31. The van der Waals surface area contributed by atoms with Gasteiger partial charge in [-0.3, -0.25) is 5.84 Å². The molecule has 0 radical (unpaired) electrons. The van der Waals surface area contributed by atoms with E-state index in [1.165, 1.54) is 11.8 Å². The fourth-order valence-corrected chi connectivity index (χ4v) is 1.59. The van der Waals surface area contributed by atoms with Crippen LogP contribution in [0.25, 0.3) is 0 Å². The van der Waals surface area contributed by atoms with E-state index in [0.29, 0.717) is 0 Å². The zero-order chi connectivity index (χ0) is 6.69. The van der Waals surface area contributed by atoms with Gasteiger partial charge in [0.2, 0.25) is 0 Å². The van der Waals surface area contributed by atoms with Gasteiger partial charge in [0.15, 0.2) is 0 Å². The number of thioether (sulfide) groups is 1. The highest BCUT2D eigenvalue weighted by Gasteiger charge is 2.21. The largest absolute Gasteiger partial charge is 0.268 e. The number of nitrogens with two attached hydrogens (primary N) is 1. The molecule has 0 bridgehead atoms. The summed E-state index contributed by atoms with van der Waals surface area (Å²) < 4.78 is 0. The van der Waals surface area contributed by atoms with E-state index in [1.54, 1.807) is 5.01 Å². The van der Waals surface area contributed by atoms with Crippen molar-refractivity contribution < 1.29 is 0 Å². The summed E-state index contributed by atoms with van der Waals surface area (Å²) in [5.41, 5.74) is 0. The van der Waals surface area contributed by atoms with Gasteiger partial charge in [0.25, 0.3) is 0 Å². The van der Waals surface area contributed by atoms with Gasteiger partial charge in [-0.1, -0.05) is 0 Å². The lowest BCUT2D eigenvalue weighted by Gasteiger charge is -2.13. The molecule has 3 nitrogen and oxygen atoms in total. The van der Waals surface area contributed by atoms with Crippen LogP contribution >= 0.6 is 11.8 Å². The molecule has 1 heterocycles. The van der Waals surface area contributed by atoms with E-state index in [-0.39, 0.29) is 5.37 Å². The highest BCUT2D eigenvalue weighted by atomic mass is 32.2. The molecule has 9 heavy (non-hydrogen) atoms. The Labute approximate surface area is 58.8 Å². The Morgan fingerprint density at radius 2 is 2.56 bits per heavy atom. The summed E-state index contributed by atoms with van der Waals surface area (Å²) in [6.07, 6.45) is 2.17. The van der Waals surface area contributed by atoms with Crippen LogP contribution in [0.3, 0.4) is 0 Å². The maximum Gasteiger partial charge on any atom is 0.135 e. The Balaban J connectivity index is 2.33. The van der Waals surface area contributed by atoms with Crippen molar-refractivity contribution in [2.75, 3.05) is 6.54 Å². The topological polar surface area (TPSA) is 53.0 Å². The van der Waals surface area contributed by atoms with Crippen LogP contribution in [0.4, 0.5) is 0 Å². The third-order valence-electron chi connectivity index (χ3n) is 1.43. The fraction of sp³-hybridized carbons (Fsp3) is 0.800. The molecule has 2 N–H and O–H groups in total. The zero-order valence-electron chi connectivity index (χ0n) is 5.08. The van der Waals surface area contributed by atoms with Gasteiger partial charge in [-0.05, 0) is 24.6 Å². The number of thiocyanates is 1. The standard InChI is InChI=1S/C5H9N3S/c6-4-9-5-2-1-3-8(5)7/h5H,1-3,7H2. The van der Waals surface area contributed by atoms with E-state index < -0.39 is 0 Å². The molecule has 1 unspecified atom stereocenters. The first-order chi connectivity index (χ1) is 4.34. The van der Waals surface area contributed by atoms with Crippen LogP contribution in [0.15, 0.2) is 0 Å². The summed E-state index contributed by atoms with van der Waals surface area (Å²) in [6, 6.07) is 0. The van der Waals surface area contributed by atoms with Crippen molar-refractivity contribution in [1.29, 1.82) is 5.26 Å². The fourth-order valence-electron chi connectivity index (χ4n) is 0.946. The second-order valence-electron chi connectivity index (χ2n) is 2.04. The summed E-state index contributed by atoms with van der Waals surface area (Å²) in [5, 5.41) is 12.3. The molecular formula is C5H9N3S. The second-order valence-corrected chi connectivity index (χ2v) is 3.01. The van der Waals surface area contributed by atoms with Gasteiger partial charge < -0.3 is 0 Å². The summed E-state index contributed by atoms with van der Waals surface area (Å²) in [4.78, 5) is 0. The first kappa shape index (κ1) is 6.87. The van der Waals surface area contributed by atoms with Crippen molar-refractivity contribution in [3.8, 4) is 5.40 Å². The van der Waals surface area contributed by atoms with E-state index in [0.717, 1.165) is 19.4 Å². The molecule has 0 spiro atoms. The molecule has 1 saturated heterocycles. The average molecular weight is 143 g/mol. The number of nitriles is 1. The van der Waals surface area contributed by atoms with Crippen LogP contribution in [-0.2, 0) is 0 Å². The smallest absolute Gasteiger partial charge is 0.135 e. The number of hydrazine groups is 1. The number of hydrogen-bond acceptors (Lipinski definition) is 4. The summed E-state index contributed by atoms with van der Waals surface area (Å²) in [5.74, 6) is 5.53. The van der Waals surface area contributed by atoms with Crippen LogP contribution in [0.2, 0.25) is 0 Å². The molecule has 0 amide bonds. The lowest BCUT2D eigenvalue weighted by atomic mass is 10.4. The van der Waals surface area contributed by atoms with Gasteiger partial charge in [-0.15, -0.1) is 0 Å². The SMILES string of the molecule is N#CSC1CCCN1N. The highest BCUT2D eigenvalue weighted by Crippen LogP contribution is 2.22. The van der Waals surface area contributed by atoms with Crippen molar-refractivity contribution in [2.24, 2.45) is 5.84 Å². The molecule has 1 fully saturated rings. The van der Waals surface area contributed by atoms with Crippen LogP contribution in [-0.4, -0.2) is 16.9 Å². The number of rotatable bonds is 1. The van der Waals surface area contributed by atoms with Crippen LogP contribution in [0.5, 0.6) is 0 Å². The third kappa shape index (κ3) is 1.58. The van der Waals surface area contributed by atoms with Gasteiger partial charge in [0.1, 0.15) is 5.40 Å². The normalized spacial score (nSPS) is 28.2. The van der Waals surface area contributed by atoms with Crippen molar-refractivity contribution in [3.05, 3.63) is 0 Å². The minimum absolute atomic E-state index is 0.245. The lowest BCUT2D eigenvalue weighted by Crippen LogP contribution is -2.33. The Morgan fingerprint density at radius 1 is 1.78 bits per heavy atom. The predicted molar refractivity (Wildman–Crippen MR) is 37.1 cm³/mol. The first-order valence-corrected chi connectivity index (χ1v) is 3.78. The van der Waals surface area contributed by atoms with Gasteiger partial charge >= 0.3 is 0 Å². The maximum atomic E-state index is 8.28. The quantitative estimate of drug-likeness (QED) is 0.429. The number of hydrogen-bond donors (Lipinski definition) is 1. The van der Waals surface area contributed by atoms with Gasteiger partial charge in [-0.2, -0.15) is 5.26 Å². The van der Waals surface area contributed by atoms with Crippen molar-refractivity contribution in [2.45, 2.75) is 18.2 Å². The minimum Gasteiger partial charge on any atom is -0.268 e. The molecule has 0 aromatic rings. The summed E-state index contributed by atoms with van der Waals surface area (Å²) in [7, 11) is 0. The summed E-state index contributed by atoms with van der Waals surface area (Å²) >= 11 is 1.25. The Kier molecular flexibility index (Phi) is 2.34. The van der Waals surface area contributed by atoms with Crippen LogP contribution in [0.1, 0.15) is 12.8 Å². The predicted octanol–water partition coefficient (Wildman–Crippen LogP) is 0.496. The molecule has 50 valence electrons. The molecule has 0 aromatic heterocycles. The average Bonchev–Trinajstić information content (AvgIpc) is 2.18. The molecule has 0 aliphatic carbocycles. The molecular weight excluding hydrogens is 134 g/mol. The van der Waals surface area contributed by atoms with Crippen LogP contribution in [0, 0.1) is 10.7 Å². The molecule has 4 heteroatoms. The van der Waals surface area contributed by atoms with Crippen molar-refractivity contribution in [3.63, 3.8) is 0 Å². The highest BCUT2D eigenvalue weighted by molar-refractivity contribution is 8.04. The van der Waals surface area contributed by atoms with Crippen molar-refractivity contribution in [1.82, 2.24) is 5.01 Å². The van der Waals surface area contributed by atoms with Gasteiger partial charge in [0.05, 0.1) is 5.37 Å². The van der Waals surface area contributed by atoms with E-state index in [1.807, 2.05) is 5.40 Å². The lowest BCUT2D eigenvalue weighted by molar-refractivity contribution is 0.332. The molecule has 1 aliphatic heterocycles. The summed E-state index contributed by atoms with van der Waals surface area (Å²) in [6.45, 7) is 0.930. The Bertz CT molecular complexity index is 131.